The summed E-state index contributed by atoms with van der Waals surface area (Å²) >= 11 is 1.50. The number of piperidine rings is 1. The van der Waals surface area contributed by atoms with E-state index >= 15 is 0 Å². The molecule has 1 saturated heterocycles. The highest BCUT2D eigenvalue weighted by molar-refractivity contribution is 7.14. The van der Waals surface area contributed by atoms with Crippen molar-refractivity contribution in [2.75, 3.05) is 18.0 Å². The van der Waals surface area contributed by atoms with Crippen LogP contribution < -0.4 is 9.64 Å². The van der Waals surface area contributed by atoms with Gasteiger partial charge in [0.15, 0.2) is 10.8 Å². The quantitative estimate of drug-likeness (QED) is 0.535. The van der Waals surface area contributed by atoms with Crippen LogP contribution in [0.3, 0.4) is 0 Å². The molecule has 1 aromatic carbocycles. The van der Waals surface area contributed by atoms with Gasteiger partial charge in [-0.05, 0) is 24.3 Å². The van der Waals surface area contributed by atoms with E-state index in [1.807, 2.05) is 12.1 Å². The Balaban J connectivity index is 1.37. The number of para-hydroxylation sites is 1. The molecule has 10 heteroatoms. The van der Waals surface area contributed by atoms with Crippen LogP contribution in [-0.2, 0) is 6.18 Å². The molecule has 0 amide bonds. The second-order valence-corrected chi connectivity index (χ2v) is 8.68. The first-order chi connectivity index (χ1) is 14.8. The van der Waals surface area contributed by atoms with Crippen molar-refractivity contribution in [3.8, 4) is 16.5 Å². The molecular weight excluding hydrogens is 427 g/mol. The Morgan fingerprint density at radius 3 is 2.35 bits per heavy atom. The van der Waals surface area contributed by atoms with Gasteiger partial charge in [0.1, 0.15) is 22.6 Å². The van der Waals surface area contributed by atoms with Crippen LogP contribution in [0.25, 0.3) is 10.7 Å². The Kier molecular flexibility index (Phi) is 6.08. The molecule has 0 atom stereocenters. The van der Waals surface area contributed by atoms with Crippen molar-refractivity contribution >= 4 is 17.2 Å². The van der Waals surface area contributed by atoms with E-state index < -0.39 is 11.7 Å². The number of ether oxygens (including phenoxy) is 1. The molecule has 0 saturated carbocycles. The highest BCUT2D eigenvalue weighted by Crippen LogP contribution is 2.37. The van der Waals surface area contributed by atoms with E-state index in [9.17, 15) is 13.2 Å². The topological polar surface area (TPSA) is 64.0 Å². The number of nitrogens with zero attached hydrogens (tertiary/aromatic N) is 5. The van der Waals surface area contributed by atoms with Crippen LogP contribution in [0.4, 0.5) is 19.0 Å². The number of benzene rings is 1. The number of aromatic nitrogens is 4. The molecule has 0 bridgehead atoms. The molecule has 0 spiro atoms. The average molecular weight is 450 g/mol. The maximum absolute atomic E-state index is 13.2. The maximum Gasteiger partial charge on any atom is 0.419 e. The summed E-state index contributed by atoms with van der Waals surface area (Å²) < 4.78 is 45.2. The summed E-state index contributed by atoms with van der Waals surface area (Å²) in [6, 6.07) is 9.10. The first-order valence-electron chi connectivity index (χ1n) is 10.1. The zero-order chi connectivity index (χ0) is 22.0. The van der Waals surface area contributed by atoms with Gasteiger partial charge in [-0.1, -0.05) is 37.3 Å². The van der Waals surface area contributed by atoms with Gasteiger partial charge in [0.05, 0.1) is 5.56 Å². The molecule has 6 nitrogen and oxygen atoms in total. The minimum Gasteiger partial charge on any atom is -0.490 e. The van der Waals surface area contributed by atoms with E-state index in [4.69, 9.17) is 4.74 Å². The van der Waals surface area contributed by atoms with E-state index in [2.05, 4.69) is 39.1 Å². The van der Waals surface area contributed by atoms with Gasteiger partial charge in [-0.3, -0.25) is 0 Å². The van der Waals surface area contributed by atoms with E-state index in [-0.39, 0.29) is 11.9 Å². The summed E-state index contributed by atoms with van der Waals surface area (Å²) in [5.74, 6) is 0.923. The van der Waals surface area contributed by atoms with Crippen LogP contribution >= 0.6 is 11.3 Å². The highest BCUT2D eigenvalue weighted by Gasteiger charge is 2.35. The molecule has 3 aromatic rings. The minimum absolute atomic E-state index is 0.115. The van der Waals surface area contributed by atoms with Gasteiger partial charge in [-0.25, -0.2) is 0 Å². The Bertz CT molecular complexity index is 1010. The lowest BCUT2D eigenvalue weighted by molar-refractivity contribution is -0.139. The monoisotopic (exact) mass is 449 g/mol. The molecule has 1 fully saturated rings. The molecule has 1 aliphatic rings. The molecular formula is C21H22F3N5OS. The van der Waals surface area contributed by atoms with Crippen molar-refractivity contribution < 1.29 is 17.9 Å². The smallest absolute Gasteiger partial charge is 0.419 e. The molecule has 164 valence electrons. The van der Waals surface area contributed by atoms with Crippen molar-refractivity contribution in [3.63, 3.8) is 0 Å². The molecule has 2 aromatic heterocycles. The van der Waals surface area contributed by atoms with E-state index in [0.29, 0.717) is 37.5 Å². The van der Waals surface area contributed by atoms with Crippen LogP contribution in [0.15, 0.2) is 36.4 Å². The standard InChI is InChI=1S/C21H22F3N5OS/c1-13(2)19-27-28-20(31-19)16-7-8-18(26-25-16)29-11-9-14(10-12-29)30-17-6-4-3-5-15(17)21(22,23)24/h3-8,13-14H,9-12H2,1-2H3. The molecule has 1 aliphatic heterocycles. The summed E-state index contributed by atoms with van der Waals surface area (Å²) in [4.78, 5) is 2.06. The highest BCUT2D eigenvalue weighted by atomic mass is 32.1. The van der Waals surface area contributed by atoms with Gasteiger partial charge in [-0.2, -0.15) is 13.2 Å². The molecule has 0 radical (unpaired) electrons. The van der Waals surface area contributed by atoms with Gasteiger partial charge in [0, 0.05) is 31.8 Å². The molecule has 3 heterocycles. The van der Waals surface area contributed by atoms with E-state index in [1.165, 1.54) is 23.5 Å². The fourth-order valence-corrected chi connectivity index (χ4v) is 4.18. The zero-order valence-corrected chi connectivity index (χ0v) is 18.0. The van der Waals surface area contributed by atoms with Crippen LogP contribution in [0.1, 0.15) is 43.2 Å². The first-order valence-corrected chi connectivity index (χ1v) is 10.9. The Morgan fingerprint density at radius 1 is 1.00 bits per heavy atom. The van der Waals surface area contributed by atoms with E-state index in [1.54, 1.807) is 6.07 Å². The third kappa shape index (κ3) is 4.95. The van der Waals surface area contributed by atoms with Crippen LogP contribution in [0, 0.1) is 0 Å². The second-order valence-electron chi connectivity index (χ2n) is 7.68. The normalized spacial score (nSPS) is 15.5. The Hall–Kier alpha value is -2.75. The SMILES string of the molecule is CC(C)c1nnc(-c2ccc(N3CCC(Oc4ccccc4C(F)(F)F)CC3)nn2)s1. The van der Waals surface area contributed by atoms with Gasteiger partial charge in [0.2, 0.25) is 0 Å². The van der Waals surface area contributed by atoms with Crippen molar-refractivity contribution in [2.45, 2.75) is 44.9 Å². The Morgan fingerprint density at radius 2 is 1.74 bits per heavy atom. The maximum atomic E-state index is 13.2. The zero-order valence-electron chi connectivity index (χ0n) is 17.1. The molecule has 0 aliphatic carbocycles. The third-order valence-corrected chi connectivity index (χ3v) is 6.30. The molecule has 0 N–H and O–H groups in total. The fourth-order valence-electron chi connectivity index (χ4n) is 3.37. The summed E-state index contributed by atoms with van der Waals surface area (Å²) in [7, 11) is 0. The largest absolute Gasteiger partial charge is 0.490 e. The van der Waals surface area contributed by atoms with Gasteiger partial charge in [-0.15, -0.1) is 20.4 Å². The van der Waals surface area contributed by atoms with Gasteiger partial charge < -0.3 is 9.64 Å². The minimum atomic E-state index is -4.43. The number of anilines is 1. The van der Waals surface area contributed by atoms with Crippen molar-refractivity contribution in [3.05, 3.63) is 47.0 Å². The predicted octanol–water partition coefficient (Wildman–Crippen LogP) is 5.19. The van der Waals surface area contributed by atoms with Crippen LogP contribution in [0.2, 0.25) is 0 Å². The van der Waals surface area contributed by atoms with Crippen molar-refractivity contribution in [1.29, 1.82) is 0 Å². The lowest BCUT2D eigenvalue weighted by Gasteiger charge is -2.33. The first kappa shape index (κ1) is 21.5. The summed E-state index contributed by atoms with van der Waals surface area (Å²) in [5.41, 5.74) is -0.0636. The fraction of sp³-hybridized carbons (Fsp3) is 0.429. The summed E-state index contributed by atoms with van der Waals surface area (Å²) in [6.07, 6.45) is -3.51. The summed E-state index contributed by atoms with van der Waals surface area (Å²) in [5, 5.41) is 18.6. The Labute approximate surface area is 182 Å². The van der Waals surface area contributed by atoms with Crippen LogP contribution in [-0.4, -0.2) is 39.6 Å². The number of alkyl halides is 3. The van der Waals surface area contributed by atoms with Crippen LogP contribution in [0.5, 0.6) is 5.75 Å². The number of hydrogen-bond donors (Lipinski definition) is 0. The average Bonchev–Trinajstić information content (AvgIpc) is 3.25. The van der Waals surface area contributed by atoms with Crippen molar-refractivity contribution in [2.24, 2.45) is 0 Å². The van der Waals surface area contributed by atoms with E-state index in [0.717, 1.165) is 21.9 Å². The third-order valence-electron chi connectivity index (χ3n) is 5.06. The molecule has 4 rings (SSSR count). The van der Waals surface area contributed by atoms with Gasteiger partial charge >= 0.3 is 6.18 Å². The van der Waals surface area contributed by atoms with Gasteiger partial charge in [0.25, 0.3) is 0 Å². The number of rotatable bonds is 5. The number of hydrogen-bond acceptors (Lipinski definition) is 7. The number of halogens is 3. The lowest BCUT2D eigenvalue weighted by atomic mass is 10.1. The molecule has 0 unspecified atom stereocenters. The molecule has 31 heavy (non-hydrogen) atoms. The predicted molar refractivity (Wildman–Crippen MR) is 112 cm³/mol. The summed E-state index contributed by atoms with van der Waals surface area (Å²) in [6.45, 7) is 5.38. The lowest BCUT2D eigenvalue weighted by Crippen LogP contribution is -2.39. The van der Waals surface area contributed by atoms with Crippen molar-refractivity contribution in [1.82, 2.24) is 20.4 Å². The second kappa shape index (κ2) is 8.78.